The van der Waals surface area contributed by atoms with E-state index in [1.165, 1.54) is 32.4 Å². The number of ether oxygens (including phenoxy) is 2. The number of thioether (sulfide) groups is 1. The van der Waals surface area contributed by atoms with E-state index in [0.29, 0.717) is 11.5 Å². The molecule has 154 valence electrons. The van der Waals surface area contributed by atoms with E-state index in [-0.39, 0.29) is 27.8 Å². The van der Waals surface area contributed by atoms with Crippen molar-refractivity contribution in [3.63, 3.8) is 0 Å². The highest BCUT2D eigenvalue weighted by molar-refractivity contribution is 7.99. The number of hydrogen-bond donors (Lipinski definition) is 1. The SMILES string of the molecule is COC(=O)c1ccc(C(=O)OC)c(NC(=O)CSc2nnc(-c3ccncc3)o2)c1. The van der Waals surface area contributed by atoms with Gasteiger partial charge in [0.1, 0.15) is 0 Å². The Balaban J connectivity index is 1.69. The number of nitrogens with zero attached hydrogens (tertiary/aromatic N) is 3. The van der Waals surface area contributed by atoms with Crippen molar-refractivity contribution in [2.75, 3.05) is 25.3 Å². The van der Waals surface area contributed by atoms with Crippen LogP contribution in [0.3, 0.4) is 0 Å². The van der Waals surface area contributed by atoms with Gasteiger partial charge in [0.25, 0.3) is 5.22 Å². The molecule has 30 heavy (non-hydrogen) atoms. The minimum Gasteiger partial charge on any atom is -0.465 e. The largest absolute Gasteiger partial charge is 0.465 e. The molecular weight excluding hydrogens is 412 g/mol. The third-order valence-electron chi connectivity index (χ3n) is 3.78. The topological polar surface area (TPSA) is 134 Å². The molecule has 11 heteroatoms. The zero-order chi connectivity index (χ0) is 21.5. The van der Waals surface area contributed by atoms with Crippen molar-refractivity contribution < 1.29 is 28.3 Å². The quantitative estimate of drug-likeness (QED) is 0.442. The number of carbonyl (C=O) groups excluding carboxylic acids is 3. The van der Waals surface area contributed by atoms with E-state index in [2.05, 4.69) is 25.2 Å². The summed E-state index contributed by atoms with van der Waals surface area (Å²) in [7, 11) is 2.45. The van der Waals surface area contributed by atoms with E-state index in [4.69, 9.17) is 9.15 Å². The first kappa shape index (κ1) is 21.0. The number of pyridine rings is 1. The number of esters is 2. The molecule has 1 aromatic carbocycles. The number of hydrogen-bond acceptors (Lipinski definition) is 10. The lowest BCUT2D eigenvalue weighted by Gasteiger charge is -2.11. The lowest BCUT2D eigenvalue weighted by molar-refractivity contribution is -0.113. The number of nitrogens with one attached hydrogen (secondary N) is 1. The molecule has 0 saturated carbocycles. The molecule has 3 rings (SSSR count). The lowest BCUT2D eigenvalue weighted by atomic mass is 10.1. The van der Waals surface area contributed by atoms with Crippen molar-refractivity contribution in [3.05, 3.63) is 53.9 Å². The van der Waals surface area contributed by atoms with Gasteiger partial charge in [0.15, 0.2) is 0 Å². The number of anilines is 1. The van der Waals surface area contributed by atoms with Crippen LogP contribution in [-0.2, 0) is 14.3 Å². The summed E-state index contributed by atoms with van der Waals surface area (Å²) in [5.41, 5.74) is 1.10. The van der Waals surface area contributed by atoms with Gasteiger partial charge in [-0.05, 0) is 30.3 Å². The zero-order valence-electron chi connectivity index (χ0n) is 15.9. The maximum Gasteiger partial charge on any atom is 0.339 e. The van der Waals surface area contributed by atoms with Gasteiger partial charge in [-0.25, -0.2) is 9.59 Å². The number of benzene rings is 1. The van der Waals surface area contributed by atoms with E-state index in [1.807, 2.05) is 0 Å². The lowest BCUT2D eigenvalue weighted by Crippen LogP contribution is -2.18. The third kappa shape index (κ3) is 5.00. The predicted octanol–water partition coefficient (Wildman–Crippen LogP) is 2.44. The molecule has 1 amide bonds. The monoisotopic (exact) mass is 428 g/mol. The Morgan fingerprint density at radius 3 is 2.47 bits per heavy atom. The van der Waals surface area contributed by atoms with Crippen LogP contribution in [0.4, 0.5) is 5.69 Å². The molecule has 0 aliphatic rings. The summed E-state index contributed by atoms with van der Waals surface area (Å²) in [6, 6.07) is 7.56. The van der Waals surface area contributed by atoms with Crippen LogP contribution in [0, 0.1) is 0 Å². The summed E-state index contributed by atoms with van der Waals surface area (Å²) >= 11 is 1.02. The minimum atomic E-state index is -0.659. The van der Waals surface area contributed by atoms with Crippen molar-refractivity contribution in [1.29, 1.82) is 0 Å². The van der Waals surface area contributed by atoms with Gasteiger partial charge >= 0.3 is 11.9 Å². The number of aromatic nitrogens is 3. The summed E-state index contributed by atoms with van der Waals surface area (Å²) in [6.45, 7) is 0. The van der Waals surface area contributed by atoms with Crippen LogP contribution in [0.15, 0.2) is 52.4 Å². The second kappa shape index (κ2) is 9.65. The third-order valence-corrected chi connectivity index (χ3v) is 4.60. The fourth-order valence-electron chi connectivity index (χ4n) is 2.37. The number of methoxy groups -OCH3 is 2. The molecule has 1 N–H and O–H groups in total. The Morgan fingerprint density at radius 1 is 1.03 bits per heavy atom. The Kier molecular flexibility index (Phi) is 6.75. The second-order valence-electron chi connectivity index (χ2n) is 5.69. The standard InChI is InChI=1S/C19H16N4O6S/c1-27-17(25)12-3-4-13(18(26)28-2)14(9-12)21-15(24)10-30-19-23-22-16(29-19)11-5-7-20-8-6-11/h3-9H,10H2,1-2H3,(H,21,24). The molecule has 0 unspecified atom stereocenters. The van der Waals surface area contributed by atoms with Crippen molar-refractivity contribution in [2.45, 2.75) is 5.22 Å². The molecule has 0 radical (unpaired) electrons. The maximum absolute atomic E-state index is 12.4. The number of carbonyl (C=O) groups is 3. The normalized spacial score (nSPS) is 10.3. The van der Waals surface area contributed by atoms with E-state index >= 15 is 0 Å². The molecule has 0 bridgehead atoms. The van der Waals surface area contributed by atoms with Crippen LogP contribution in [0.2, 0.25) is 0 Å². The Hall–Kier alpha value is -3.73. The summed E-state index contributed by atoms with van der Waals surface area (Å²) in [5, 5.41) is 10.6. The zero-order valence-corrected chi connectivity index (χ0v) is 16.8. The van der Waals surface area contributed by atoms with Crippen LogP contribution >= 0.6 is 11.8 Å². The highest BCUT2D eigenvalue weighted by Gasteiger charge is 2.18. The summed E-state index contributed by atoms with van der Waals surface area (Å²) in [5.74, 6) is -1.48. The summed E-state index contributed by atoms with van der Waals surface area (Å²) < 4.78 is 14.9. The molecule has 2 heterocycles. The van der Waals surface area contributed by atoms with Crippen molar-refractivity contribution in [1.82, 2.24) is 15.2 Å². The van der Waals surface area contributed by atoms with Crippen LogP contribution in [0.5, 0.6) is 0 Å². The average molecular weight is 428 g/mol. The van der Waals surface area contributed by atoms with Crippen molar-refractivity contribution in [2.24, 2.45) is 0 Å². The van der Waals surface area contributed by atoms with Gasteiger partial charge in [0, 0.05) is 18.0 Å². The first-order valence-corrected chi connectivity index (χ1v) is 9.47. The summed E-state index contributed by atoms with van der Waals surface area (Å²) in [6.07, 6.45) is 3.20. The molecule has 0 saturated heterocycles. The minimum absolute atomic E-state index is 0.0684. The van der Waals surface area contributed by atoms with Crippen LogP contribution < -0.4 is 5.32 Å². The van der Waals surface area contributed by atoms with Gasteiger partial charge < -0.3 is 19.2 Å². The highest BCUT2D eigenvalue weighted by atomic mass is 32.2. The van der Waals surface area contributed by atoms with Gasteiger partial charge in [-0.3, -0.25) is 9.78 Å². The molecule has 0 spiro atoms. The molecule has 3 aromatic rings. The van der Waals surface area contributed by atoms with E-state index in [9.17, 15) is 14.4 Å². The molecule has 2 aromatic heterocycles. The summed E-state index contributed by atoms with van der Waals surface area (Å²) in [4.78, 5) is 40.0. The Labute approximate surface area is 175 Å². The maximum atomic E-state index is 12.4. The molecular formula is C19H16N4O6S. The second-order valence-corrected chi connectivity index (χ2v) is 6.62. The van der Waals surface area contributed by atoms with Crippen molar-refractivity contribution >= 4 is 35.3 Å². The smallest absolute Gasteiger partial charge is 0.339 e. The van der Waals surface area contributed by atoms with Gasteiger partial charge in [-0.1, -0.05) is 11.8 Å². The Morgan fingerprint density at radius 2 is 1.77 bits per heavy atom. The molecule has 0 atom stereocenters. The van der Waals surface area contributed by atoms with Crippen LogP contribution in [-0.4, -0.2) is 53.0 Å². The van der Waals surface area contributed by atoms with Crippen LogP contribution in [0.25, 0.3) is 11.5 Å². The fourth-order valence-corrected chi connectivity index (χ4v) is 2.94. The predicted molar refractivity (Wildman–Crippen MR) is 106 cm³/mol. The van der Waals surface area contributed by atoms with Crippen LogP contribution in [0.1, 0.15) is 20.7 Å². The molecule has 0 aliphatic carbocycles. The fraction of sp³-hybridized carbons (Fsp3) is 0.158. The highest BCUT2D eigenvalue weighted by Crippen LogP contribution is 2.24. The number of rotatable bonds is 7. The van der Waals surface area contributed by atoms with E-state index in [1.54, 1.807) is 24.5 Å². The van der Waals surface area contributed by atoms with Gasteiger partial charge in [0.05, 0.1) is 36.8 Å². The van der Waals surface area contributed by atoms with E-state index < -0.39 is 17.8 Å². The average Bonchev–Trinajstić information content (AvgIpc) is 3.26. The van der Waals surface area contributed by atoms with Gasteiger partial charge in [-0.2, -0.15) is 0 Å². The van der Waals surface area contributed by atoms with Gasteiger partial charge in [0.2, 0.25) is 11.8 Å². The first-order valence-electron chi connectivity index (χ1n) is 8.49. The van der Waals surface area contributed by atoms with Crippen molar-refractivity contribution in [3.8, 4) is 11.5 Å². The van der Waals surface area contributed by atoms with Gasteiger partial charge in [-0.15, -0.1) is 10.2 Å². The molecule has 0 fully saturated rings. The molecule has 10 nitrogen and oxygen atoms in total. The first-order chi connectivity index (χ1) is 14.5. The molecule has 0 aliphatic heterocycles. The number of amides is 1. The van der Waals surface area contributed by atoms with E-state index in [0.717, 1.165) is 11.8 Å². The Bertz CT molecular complexity index is 1070.